The van der Waals surface area contributed by atoms with Crippen LogP contribution >= 0.6 is 11.3 Å². The third-order valence-electron chi connectivity index (χ3n) is 5.17. The standard InChI is InChI=1S/C22H30N4O2S/c1-2-7-19(27)24-14-17-8-6-12-26(15-17)16-20(28)25-21(22-23-11-13-29-22)18-9-4-3-5-10-18/h3-5,9-11,13,17,21H,2,6-8,12,14-16H2,1H3,(H,24,27)(H,25,28). The van der Waals surface area contributed by atoms with Gasteiger partial charge in [0, 0.05) is 31.1 Å². The summed E-state index contributed by atoms with van der Waals surface area (Å²) in [5.74, 6) is 0.530. The lowest BCUT2D eigenvalue weighted by Gasteiger charge is -2.32. The first kappa shape index (κ1) is 21.5. The number of thiazole rings is 1. The summed E-state index contributed by atoms with van der Waals surface area (Å²) in [6.45, 7) is 4.83. The average Bonchev–Trinajstić information content (AvgIpc) is 3.26. The van der Waals surface area contributed by atoms with Crippen molar-refractivity contribution in [2.24, 2.45) is 5.92 Å². The molecule has 0 radical (unpaired) electrons. The van der Waals surface area contributed by atoms with Crippen LogP contribution < -0.4 is 10.6 Å². The third kappa shape index (κ3) is 6.65. The Morgan fingerprint density at radius 3 is 2.83 bits per heavy atom. The fourth-order valence-corrected chi connectivity index (χ4v) is 4.47. The summed E-state index contributed by atoms with van der Waals surface area (Å²) in [5, 5.41) is 9.01. The van der Waals surface area contributed by atoms with Gasteiger partial charge in [-0.2, -0.15) is 0 Å². The van der Waals surface area contributed by atoms with E-state index in [1.54, 1.807) is 17.5 Å². The van der Waals surface area contributed by atoms with Gasteiger partial charge in [-0.15, -0.1) is 11.3 Å². The molecule has 1 fully saturated rings. The maximum absolute atomic E-state index is 12.8. The number of likely N-dealkylation sites (tertiary alicyclic amines) is 1. The first-order valence-electron chi connectivity index (χ1n) is 10.4. The predicted octanol–water partition coefficient (Wildman–Crippen LogP) is 2.98. The number of benzene rings is 1. The normalized spacial score (nSPS) is 18.2. The van der Waals surface area contributed by atoms with E-state index in [0.717, 1.165) is 42.9 Å². The van der Waals surface area contributed by atoms with Crippen LogP contribution in [0.1, 0.15) is 49.2 Å². The van der Waals surface area contributed by atoms with Gasteiger partial charge in [-0.05, 0) is 37.3 Å². The van der Waals surface area contributed by atoms with Gasteiger partial charge in [0.2, 0.25) is 11.8 Å². The molecule has 2 unspecified atom stereocenters. The largest absolute Gasteiger partial charge is 0.356 e. The molecule has 1 saturated heterocycles. The number of carbonyl (C=O) groups excluding carboxylic acids is 2. The zero-order valence-corrected chi connectivity index (χ0v) is 17.8. The van der Waals surface area contributed by atoms with E-state index in [-0.39, 0.29) is 17.9 Å². The van der Waals surface area contributed by atoms with E-state index in [1.807, 2.05) is 42.6 Å². The van der Waals surface area contributed by atoms with Crippen LogP contribution in [0.4, 0.5) is 0 Å². The maximum Gasteiger partial charge on any atom is 0.235 e. The molecule has 2 amide bonds. The molecule has 0 saturated carbocycles. The molecule has 29 heavy (non-hydrogen) atoms. The quantitative estimate of drug-likeness (QED) is 0.662. The molecule has 1 aliphatic rings. The molecular weight excluding hydrogens is 384 g/mol. The molecular formula is C22H30N4O2S. The van der Waals surface area contributed by atoms with Gasteiger partial charge in [0.1, 0.15) is 11.0 Å². The lowest BCUT2D eigenvalue weighted by atomic mass is 9.98. The van der Waals surface area contributed by atoms with Crippen molar-refractivity contribution in [3.8, 4) is 0 Å². The van der Waals surface area contributed by atoms with Crippen molar-refractivity contribution in [2.45, 2.75) is 38.6 Å². The Labute approximate surface area is 176 Å². The van der Waals surface area contributed by atoms with Gasteiger partial charge >= 0.3 is 0 Å². The monoisotopic (exact) mass is 414 g/mol. The van der Waals surface area contributed by atoms with Crippen LogP contribution in [0.5, 0.6) is 0 Å². The Hall–Kier alpha value is -2.25. The van der Waals surface area contributed by atoms with E-state index in [0.29, 0.717) is 25.4 Å². The summed E-state index contributed by atoms with van der Waals surface area (Å²) >= 11 is 1.55. The van der Waals surface area contributed by atoms with Crippen LogP contribution in [0.15, 0.2) is 41.9 Å². The van der Waals surface area contributed by atoms with Gasteiger partial charge in [-0.25, -0.2) is 4.98 Å². The number of carbonyl (C=O) groups is 2. The second kappa shape index (κ2) is 11.1. The van der Waals surface area contributed by atoms with Gasteiger partial charge in [0.25, 0.3) is 0 Å². The average molecular weight is 415 g/mol. The Morgan fingerprint density at radius 1 is 1.28 bits per heavy atom. The van der Waals surface area contributed by atoms with Crippen molar-refractivity contribution in [3.63, 3.8) is 0 Å². The summed E-state index contributed by atoms with van der Waals surface area (Å²) < 4.78 is 0. The summed E-state index contributed by atoms with van der Waals surface area (Å²) in [6.07, 6.45) is 5.36. The van der Waals surface area contributed by atoms with Crippen molar-refractivity contribution < 1.29 is 9.59 Å². The van der Waals surface area contributed by atoms with E-state index in [4.69, 9.17) is 0 Å². The smallest absolute Gasteiger partial charge is 0.235 e. The molecule has 1 aromatic carbocycles. The highest BCUT2D eigenvalue weighted by molar-refractivity contribution is 7.09. The molecule has 0 aliphatic carbocycles. The maximum atomic E-state index is 12.8. The van der Waals surface area contributed by atoms with Crippen molar-refractivity contribution in [3.05, 3.63) is 52.5 Å². The molecule has 0 bridgehead atoms. The van der Waals surface area contributed by atoms with Gasteiger partial charge in [0.15, 0.2) is 0 Å². The highest BCUT2D eigenvalue weighted by atomic mass is 32.1. The number of rotatable bonds is 9. The van der Waals surface area contributed by atoms with Gasteiger partial charge in [-0.3, -0.25) is 14.5 Å². The van der Waals surface area contributed by atoms with Crippen LogP contribution in [0.3, 0.4) is 0 Å². The highest BCUT2D eigenvalue weighted by Gasteiger charge is 2.24. The zero-order valence-electron chi connectivity index (χ0n) is 17.0. The number of amides is 2. The van der Waals surface area contributed by atoms with Crippen LogP contribution in [0.2, 0.25) is 0 Å². The van der Waals surface area contributed by atoms with E-state index in [1.165, 1.54) is 0 Å². The molecule has 2 aromatic rings. The fraction of sp³-hybridized carbons (Fsp3) is 0.500. The Kier molecular flexibility index (Phi) is 8.19. The number of nitrogens with one attached hydrogen (secondary N) is 2. The zero-order chi connectivity index (χ0) is 20.5. The number of piperidine rings is 1. The molecule has 156 valence electrons. The van der Waals surface area contributed by atoms with Crippen molar-refractivity contribution in [2.75, 3.05) is 26.2 Å². The van der Waals surface area contributed by atoms with E-state index < -0.39 is 0 Å². The topological polar surface area (TPSA) is 74.3 Å². The summed E-state index contributed by atoms with van der Waals surface area (Å²) in [6, 6.07) is 9.73. The van der Waals surface area contributed by atoms with Crippen LogP contribution in [0.25, 0.3) is 0 Å². The second-order valence-corrected chi connectivity index (χ2v) is 8.51. The molecule has 7 heteroatoms. The van der Waals surface area contributed by atoms with Crippen LogP contribution in [0, 0.1) is 5.92 Å². The minimum atomic E-state index is -0.224. The number of hydrogen-bond donors (Lipinski definition) is 2. The van der Waals surface area contributed by atoms with E-state index in [2.05, 4.69) is 20.5 Å². The molecule has 1 aliphatic heterocycles. The van der Waals surface area contributed by atoms with Gasteiger partial charge in [0.05, 0.1) is 6.54 Å². The number of aromatic nitrogens is 1. The molecule has 3 rings (SSSR count). The first-order chi connectivity index (χ1) is 14.2. The first-order valence-corrected chi connectivity index (χ1v) is 11.3. The molecule has 2 atom stereocenters. The van der Waals surface area contributed by atoms with Crippen LogP contribution in [-0.4, -0.2) is 47.9 Å². The van der Waals surface area contributed by atoms with Gasteiger partial charge in [-0.1, -0.05) is 37.3 Å². The predicted molar refractivity (Wildman–Crippen MR) is 116 cm³/mol. The fourth-order valence-electron chi connectivity index (χ4n) is 3.76. The lowest BCUT2D eigenvalue weighted by Crippen LogP contribution is -2.45. The third-order valence-corrected chi connectivity index (χ3v) is 6.01. The SMILES string of the molecule is CCCC(=O)NCC1CCCN(CC(=O)NC(c2ccccc2)c2nccs2)C1. The van der Waals surface area contributed by atoms with E-state index >= 15 is 0 Å². The molecule has 0 spiro atoms. The minimum Gasteiger partial charge on any atom is -0.356 e. The van der Waals surface area contributed by atoms with Crippen molar-refractivity contribution >= 4 is 23.2 Å². The second-order valence-electron chi connectivity index (χ2n) is 7.58. The highest BCUT2D eigenvalue weighted by Crippen LogP contribution is 2.24. The van der Waals surface area contributed by atoms with Crippen molar-refractivity contribution in [1.29, 1.82) is 0 Å². The summed E-state index contributed by atoms with van der Waals surface area (Å²) in [5.41, 5.74) is 1.03. The molecule has 2 heterocycles. The number of nitrogens with zero attached hydrogens (tertiary/aromatic N) is 2. The van der Waals surface area contributed by atoms with Crippen molar-refractivity contribution in [1.82, 2.24) is 20.5 Å². The van der Waals surface area contributed by atoms with Gasteiger partial charge < -0.3 is 10.6 Å². The summed E-state index contributed by atoms with van der Waals surface area (Å²) in [4.78, 5) is 31.1. The Bertz CT molecular complexity index is 766. The molecule has 2 N–H and O–H groups in total. The van der Waals surface area contributed by atoms with E-state index in [9.17, 15) is 9.59 Å². The Morgan fingerprint density at radius 2 is 2.10 bits per heavy atom. The molecule has 6 nitrogen and oxygen atoms in total. The van der Waals surface area contributed by atoms with Crippen LogP contribution in [-0.2, 0) is 9.59 Å². The minimum absolute atomic E-state index is 0.00437. The molecule has 1 aromatic heterocycles. The number of hydrogen-bond acceptors (Lipinski definition) is 5. The Balaban J connectivity index is 1.54. The summed E-state index contributed by atoms with van der Waals surface area (Å²) in [7, 11) is 0. The lowest BCUT2D eigenvalue weighted by molar-refractivity contribution is -0.124.